The van der Waals surface area contributed by atoms with Gasteiger partial charge in [0.2, 0.25) is 0 Å². The minimum Gasteiger partial charge on any atom is -0.107 e. The molecule has 0 fully saturated rings. The van der Waals surface area contributed by atoms with E-state index in [1.54, 1.807) is 0 Å². The van der Waals surface area contributed by atoms with Crippen LogP contribution in [0.1, 0.15) is 0 Å². The molecule has 2 heteroatoms. The van der Waals surface area contributed by atoms with E-state index in [0.717, 1.165) is 5.19 Å². The van der Waals surface area contributed by atoms with Crippen LogP contribution >= 0.6 is 24.0 Å². The first-order chi connectivity index (χ1) is 5.38. The predicted molar refractivity (Wildman–Crippen MR) is 64.8 cm³/mol. The topological polar surface area (TPSA) is 0 Å². The van der Waals surface area contributed by atoms with Crippen LogP contribution in [-0.4, -0.2) is 10.2 Å². The Morgan fingerprint density at radius 3 is 2.25 bits per heavy atom. The van der Waals surface area contributed by atoms with Crippen molar-refractivity contribution in [1.82, 2.24) is 0 Å². The summed E-state index contributed by atoms with van der Waals surface area (Å²) in [4.78, 5) is 0. The lowest BCUT2D eigenvalue weighted by atomic mass is 10.1. The Bertz CT molecular complexity index is 379. The highest BCUT2D eigenvalue weighted by Crippen LogP contribution is 2.08. The molecule has 0 saturated carbocycles. The third-order valence-corrected chi connectivity index (χ3v) is 2.23. The molecule has 3 radical (unpaired) electrons. The van der Waals surface area contributed by atoms with Crippen molar-refractivity contribution in [2.75, 3.05) is 0 Å². The zero-order chi connectivity index (χ0) is 7.68. The fourth-order valence-corrected chi connectivity index (χ4v) is 1.55. The van der Waals surface area contributed by atoms with Crippen molar-refractivity contribution in [2.45, 2.75) is 0 Å². The van der Waals surface area contributed by atoms with E-state index >= 15 is 0 Å². The Morgan fingerprint density at radius 2 is 1.50 bits per heavy atom. The van der Waals surface area contributed by atoms with Crippen LogP contribution in [0.2, 0.25) is 0 Å². The third kappa shape index (κ3) is 1.69. The lowest BCUT2D eigenvalue weighted by Gasteiger charge is -1.98. The third-order valence-electron chi connectivity index (χ3n) is 1.79. The molecule has 0 amide bonds. The van der Waals surface area contributed by atoms with Crippen molar-refractivity contribution in [2.24, 2.45) is 0 Å². The molecule has 0 N–H and O–H groups in total. The summed E-state index contributed by atoms with van der Waals surface area (Å²) in [7, 11) is 3.55. The van der Waals surface area contributed by atoms with Gasteiger partial charge in [-0.2, -0.15) is 0 Å². The van der Waals surface area contributed by atoms with Gasteiger partial charge >= 0.3 is 0 Å². The first-order valence-corrected chi connectivity index (χ1v) is 4.07. The highest BCUT2D eigenvalue weighted by Gasteiger charge is 1.92. The molecule has 0 heterocycles. The first-order valence-electron chi connectivity index (χ1n) is 3.57. The van der Waals surface area contributed by atoms with Gasteiger partial charge in [0, 0.05) is 0 Å². The maximum absolute atomic E-state index is 3.55. The van der Waals surface area contributed by atoms with Crippen LogP contribution in [-0.2, 0) is 0 Å². The van der Waals surface area contributed by atoms with Crippen molar-refractivity contribution in [3.63, 3.8) is 0 Å². The summed E-state index contributed by atoms with van der Waals surface area (Å²) in [5.41, 5.74) is 0. The largest absolute Gasteiger partial charge is 0.107 e. The molecule has 0 bridgehead atoms. The fourth-order valence-electron chi connectivity index (χ4n) is 1.23. The van der Waals surface area contributed by atoms with E-state index in [-0.39, 0.29) is 24.0 Å². The van der Waals surface area contributed by atoms with Crippen LogP contribution in [0, 0.1) is 0 Å². The Kier molecular flexibility index (Phi) is 3.28. The van der Waals surface area contributed by atoms with E-state index in [0.29, 0.717) is 0 Å². The number of hydrogen-bond donors (Lipinski definition) is 0. The molecular weight excluding hydrogens is 275 g/mol. The van der Waals surface area contributed by atoms with E-state index in [9.17, 15) is 0 Å². The van der Waals surface area contributed by atoms with Crippen molar-refractivity contribution >= 4 is 50.2 Å². The van der Waals surface area contributed by atoms with Crippen LogP contribution < -0.4 is 5.19 Å². The average molecular weight is 283 g/mol. The molecule has 0 atom stereocenters. The Balaban J connectivity index is 0.000000720. The quantitative estimate of drug-likeness (QED) is 0.514. The van der Waals surface area contributed by atoms with E-state index in [1.807, 2.05) is 18.2 Å². The van der Waals surface area contributed by atoms with Gasteiger partial charge in [-0.25, -0.2) is 0 Å². The normalized spacial score (nSPS) is 9.42. The van der Waals surface area contributed by atoms with Gasteiger partial charge in [0.05, 0.1) is 10.2 Å². The predicted octanol–water partition coefficient (Wildman–Crippen LogP) is 2.25. The molecule has 2 rings (SSSR count). The van der Waals surface area contributed by atoms with Gasteiger partial charge in [0.25, 0.3) is 0 Å². The smallest absolute Gasteiger partial charge is 0.0720 e. The molecule has 0 saturated heterocycles. The molecule has 12 heavy (non-hydrogen) atoms. The van der Waals surface area contributed by atoms with Crippen molar-refractivity contribution in [3.05, 3.63) is 42.5 Å². The highest BCUT2D eigenvalue weighted by molar-refractivity contribution is 14.0. The summed E-state index contributed by atoms with van der Waals surface area (Å²) in [6.45, 7) is 0. The van der Waals surface area contributed by atoms with Gasteiger partial charge in [-0.15, -0.1) is 24.0 Å². The summed E-state index contributed by atoms with van der Waals surface area (Å²) in [6.07, 6.45) is 0. The minimum atomic E-state index is 0. The second kappa shape index (κ2) is 4.05. The van der Waals surface area contributed by atoms with Gasteiger partial charge in [-0.05, 0) is 10.8 Å². The number of rotatable bonds is 0. The molecule has 0 aliphatic carbocycles. The van der Waals surface area contributed by atoms with Crippen LogP contribution in [0.3, 0.4) is 0 Å². The van der Waals surface area contributed by atoms with E-state index in [2.05, 4.69) is 34.5 Å². The fraction of sp³-hybridized carbons (Fsp3) is 0. The average Bonchev–Trinajstić information content (AvgIpc) is 2.06. The van der Waals surface area contributed by atoms with Crippen molar-refractivity contribution in [3.8, 4) is 0 Å². The maximum Gasteiger partial charge on any atom is 0.0720 e. The molecule has 0 unspecified atom stereocenters. The summed E-state index contributed by atoms with van der Waals surface area (Å²) in [6, 6.07) is 14.5. The van der Waals surface area contributed by atoms with Gasteiger partial charge in [0.1, 0.15) is 0 Å². The number of benzene rings is 2. The summed E-state index contributed by atoms with van der Waals surface area (Å²) in [5, 5.41) is 3.70. The second-order valence-corrected chi connectivity index (χ2v) is 3.07. The number of hydrogen-bond acceptors (Lipinski definition) is 0. The molecule has 0 nitrogen and oxygen atoms in total. The zero-order valence-corrected chi connectivity index (χ0v) is 9.78. The highest BCUT2D eigenvalue weighted by atomic mass is 127. The van der Waals surface area contributed by atoms with Crippen LogP contribution in [0.15, 0.2) is 42.5 Å². The first kappa shape index (κ1) is 9.73. The zero-order valence-electron chi connectivity index (χ0n) is 6.45. The van der Waals surface area contributed by atoms with Crippen LogP contribution in [0.4, 0.5) is 0 Å². The van der Waals surface area contributed by atoms with E-state index in [1.165, 1.54) is 10.8 Å². The SMILES string of the molecule is I.[Si]c1cccc2ccccc12. The lowest BCUT2D eigenvalue weighted by molar-refractivity contribution is 1.78. The van der Waals surface area contributed by atoms with Gasteiger partial charge in [-0.3, -0.25) is 0 Å². The molecule has 59 valence electrons. The molecule has 0 aliphatic heterocycles. The lowest BCUT2D eigenvalue weighted by Crippen LogP contribution is -2.01. The second-order valence-electron chi connectivity index (χ2n) is 2.53. The molecule has 0 spiro atoms. The molecular formula is C10H8ISi. The standard InChI is InChI=1S/C10H7Si.HI/c11-10-7-3-5-8-4-1-2-6-9(8)10;/h1-7H;1H. The van der Waals surface area contributed by atoms with Crippen LogP contribution in [0.5, 0.6) is 0 Å². The Morgan fingerprint density at radius 1 is 0.833 bits per heavy atom. The van der Waals surface area contributed by atoms with Gasteiger partial charge < -0.3 is 0 Å². The summed E-state index contributed by atoms with van der Waals surface area (Å²) >= 11 is 0. The summed E-state index contributed by atoms with van der Waals surface area (Å²) in [5.74, 6) is 0. The Labute approximate surface area is 92.4 Å². The van der Waals surface area contributed by atoms with Gasteiger partial charge in [0.15, 0.2) is 0 Å². The van der Waals surface area contributed by atoms with E-state index < -0.39 is 0 Å². The summed E-state index contributed by atoms with van der Waals surface area (Å²) < 4.78 is 0. The van der Waals surface area contributed by atoms with Gasteiger partial charge in [-0.1, -0.05) is 47.7 Å². The molecule has 2 aromatic carbocycles. The molecule has 0 aliphatic rings. The van der Waals surface area contributed by atoms with Crippen molar-refractivity contribution < 1.29 is 0 Å². The number of halogens is 1. The Hall–Kier alpha value is -0.353. The minimum absolute atomic E-state index is 0. The van der Waals surface area contributed by atoms with E-state index in [4.69, 9.17) is 0 Å². The molecule has 0 aromatic heterocycles. The number of fused-ring (bicyclic) bond motifs is 1. The maximum atomic E-state index is 3.55. The monoisotopic (exact) mass is 283 g/mol. The van der Waals surface area contributed by atoms with Crippen molar-refractivity contribution in [1.29, 1.82) is 0 Å². The molecule has 2 aromatic rings. The van der Waals surface area contributed by atoms with Crippen LogP contribution in [0.25, 0.3) is 10.8 Å².